The fourth-order valence-electron chi connectivity index (χ4n) is 3.93. The van der Waals surface area contributed by atoms with Gasteiger partial charge in [0.05, 0.1) is 9.82 Å². The molecule has 1 N–H and O–H groups in total. The quantitative estimate of drug-likeness (QED) is 0.365. The third-order valence-electron chi connectivity index (χ3n) is 5.69. The Morgan fingerprint density at radius 1 is 1.15 bits per heavy atom. The van der Waals surface area contributed by atoms with Gasteiger partial charge in [0.1, 0.15) is 0 Å². The van der Waals surface area contributed by atoms with Crippen LogP contribution in [0.1, 0.15) is 36.8 Å². The SMILES string of the molecule is Cc1ccc(C)c(S(=O)(=O)C2(C(=O)OCC(=O)Nc3ccc(F)c([N+](=O)[O-])c3)CCCC2)c1. The van der Waals surface area contributed by atoms with Crippen LogP contribution in [0.4, 0.5) is 15.8 Å². The molecule has 0 bridgehead atoms. The summed E-state index contributed by atoms with van der Waals surface area (Å²) in [6, 6.07) is 7.74. The minimum absolute atomic E-state index is 0.0597. The van der Waals surface area contributed by atoms with E-state index in [2.05, 4.69) is 5.32 Å². The van der Waals surface area contributed by atoms with E-state index in [1.807, 2.05) is 0 Å². The number of ether oxygens (including phenoxy) is 1. The van der Waals surface area contributed by atoms with Gasteiger partial charge in [-0.05, 0) is 56.0 Å². The predicted molar refractivity (Wildman–Crippen MR) is 117 cm³/mol. The number of amides is 1. The number of nitro benzene ring substituents is 1. The van der Waals surface area contributed by atoms with Crippen molar-refractivity contribution < 1.29 is 32.1 Å². The number of hydrogen-bond acceptors (Lipinski definition) is 7. The zero-order valence-corrected chi connectivity index (χ0v) is 18.9. The lowest BCUT2D eigenvalue weighted by atomic mass is 10.1. The second-order valence-electron chi connectivity index (χ2n) is 8.02. The van der Waals surface area contributed by atoms with E-state index in [1.54, 1.807) is 26.0 Å². The van der Waals surface area contributed by atoms with Gasteiger partial charge in [0, 0.05) is 11.8 Å². The van der Waals surface area contributed by atoms with Crippen LogP contribution in [0.25, 0.3) is 0 Å². The van der Waals surface area contributed by atoms with Crippen molar-refractivity contribution in [2.75, 3.05) is 11.9 Å². The van der Waals surface area contributed by atoms with Gasteiger partial charge in [-0.1, -0.05) is 25.0 Å². The molecule has 1 fully saturated rings. The van der Waals surface area contributed by atoms with Gasteiger partial charge >= 0.3 is 11.7 Å². The summed E-state index contributed by atoms with van der Waals surface area (Å²) >= 11 is 0. The van der Waals surface area contributed by atoms with Crippen LogP contribution in [0, 0.1) is 29.8 Å². The Balaban J connectivity index is 1.77. The number of sulfone groups is 1. The molecule has 0 aliphatic heterocycles. The molecule has 2 aromatic carbocycles. The minimum Gasteiger partial charge on any atom is -0.454 e. The minimum atomic E-state index is -4.10. The summed E-state index contributed by atoms with van der Waals surface area (Å²) in [4.78, 5) is 35.2. The van der Waals surface area contributed by atoms with Gasteiger partial charge in [0.15, 0.2) is 21.2 Å². The van der Waals surface area contributed by atoms with Crippen LogP contribution in [0.5, 0.6) is 0 Å². The summed E-state index contributed by atoms with van der Waals surface area (Å²) in [5, 5.41) is 13.1. The second-order valence-corrected chi connectivity index (χ2v) is 10.2. The summed E-state index contributed by atoms with van der Waals surface area (Å²) in [5.41, 5.74) is 0.348. The molecule has 0 heterocycles. The van der Waals surface area contributed by atoms with Gasteiger partial charge in [-0.15, -0.1) is 0 Å². The third kappa shape index (κ3) is 4.72. The molecule has 11 heteroatoms. The maximum Gasteiger partial charge on any atom is 0.328 e. The summed E-state index contributed by atoms with van der Waals surface area (Å²) < 4.78 is 43.8. The molecule has 1 aliphatic carbocycles. The molecule has 0 spiro atoms. The Labute approximate surface area is 190 Å². The monoisotopic (exact) mass is 478 g/mol. The van der Waals surface area contributed by atoms with Crippen LogP contribution >= 0.6 is 0 Å². The van der Waals surface area contributed by atoms with Crippen molar-refractivity contribution >= 4 is 33.1 Å². The van der Waals surface area contributed by atoms with E-state index in [-0.39, 0.29) is 23.4 Å². The largest absolute Gasteiger partial charge is 0.454 e. The molecule has 0 saturated heterocycles. The highest BCUT2D eigenvalue weighted by Crippen LogP contribution is 2.42. The first-order valence-electron chi connectivity index (χ1n) is 10.2. The van der Waals surface area contributed by atoms with Gasteiger partial charge in [-0.3, -0.25) is 19.7 Å². The number of carbonyl (C=O) groups excluding carboxylic acids is 2. The van der Waals surface area contributed by atoms with Gasteiger partial charge in [0.25, 0.3) is 5.91 Å². The van der Waals surface area contributed by atoms with E-state index in [4.69, 9.17) is 4.74 Å². The first-order chi connectivity index (χ1) is 15.5. The molecule has 1 aliphatic rings. The molecule has 33 heavy (non-hydrogen) atoms. The molecule has 3 rings (SSSR count). The molecule has 1 saturated carbocycles. The summed E-state index contributed by atoms with van der Waals surface area (Å²) in [6.07, 6.45) is 1.19. The van der Waals surface area contributed by atoms with Crippen molar-refractivity contribution in [3.8, 4) is 0 Å². The number of nitrogens with zero attached hydrogens (tertiary/aromatic N) is 1. The van der Waals surface area contributed by atoms with E-state index in [9.17, 15) is 32.5 Å². The lowest BCUT2D eigenvalue weighted by molar-refractivity contribution is -0.387. The van der Waals surface area contributed by atoms with E-state index >= 15 is 0 Å². The van der Waals surface area contributed by atoms with Crippen molar-refractivity contribution in [3.05, 3.63) is 63.5 Å². The topological polar surface area (TPSA) is 133 Å². The molecule has 0 unspecified atom stereocenters. The molecular weight excluding hydrogens is 455 g/mol. The Hall–Kier alpha value is -3.34. The fraction of sp³-hybridized carbons (Fsp3) is 0.364. The highest BCUT2D eigenvalue weighted by atomic mass is 32.2. The fourth-order valence-corrected chi connectivity index (χ4v) is 6.28. The molecule has 0 atom stereocenters. The Bertz CT molecular complexity index is 1220. The first kappa shape index (κ1) is 24.3. The Morgan fingerprint density at radius 3 is 2.45 bits per heavy atom. The standard InChI is InChI=1S/C22H23FN2O7S/c1-14-5-6-15(2)19(11-14)33(30,31)22(9-3-4-10-22)21(27)32-13-20(26)24-16-7-8-17(23)18(12-16)25(28)29/h5-8,11-12H,3-4,9-10,13H2,1-2H3,(H,24,26). The predicted octanol–water partition coefficient (Wildman–Crippen LogP) is 3.62. The number of esters is 1. The van der Waals surface area contributed by atoms with Crippen LogP contribution in [-0.2, 0) is 24.2 Å². The number of benzene rings is 2. The lowest BCUT2D eigenvalue weighted by Gasteiger charge is -2.27. The molecule has 2 aromatic rings. The normalized spacial score (nSPS) is 15.1. The van der Waals surface area contributed by atoms with Crippen LogP contribution in [-0.4, -0.2) is 36.6 Å². The zero-order valence-electron chi connectivity index (χ0n) is 18.1. The van der Waals surface area contributed by atoms with Crippen molar-refractivity contribution in [2.45, 2.75) is 49.2 Å². The average molecular weight is 478 g/mol. The van der Waals surface area contributed by atoms with Crippen LogP contribution in [0.2, 0.25) is 0 Å². The van der Waals surface area contributed by atoms with Crippen LogP contribution in [0.15, 0.2) is 41.3 Å². The van der Waals surface area contributed by atoms with Crippen molar-refractivity contribution in [3.63, 3.8) is 0 Å². The van der Waals surface area contributed by atoms with Crippen molar-refractivity contribution in [2.24, 2.45) is 0 Å². The Kier molecular flexibility index (Phi) is 6.82. The number of rotatable bonds is 7. The third-order valence-corrected chi connectivity index (χ3v) is 8.31. The first-order valence-corrected chi connectivity index (χ1v) is 11.7. The highest BCUT2D eigenvalue weighted by Gasteiger charge is 2.54. The van der Waals surface area contributed by atoms with Crippen LogP contribution in [0.3, 0.4) is 0 Å². The molecule has 1 amide bonds. The van der Waals surface area contributed by atoms with Crippen molar-refractivity contribution in [1.82, 2.24) is 0 Å². The number of nitro groups is 1. The zero-order chi connectivity index (χ0) is 24.4. The summed E-state index contributed by atoms with van der Waals surface area (Å²) in [6.45, 7) is 2.60. The summed E-state index contributed by atoms with van der Waals surface area (Å²) in [5.74, 6) is -2.92. The number of halogens is 1. The van der Waals surface area contributed by atoms with Crippen LogP contribution < -0.4 is 5.32 Å². The highest BCUT2D eigenvalue weighted by molar-refractivity contribution is 7.93. The van der Waals surface area contributed by atoms with Gasteiger partial charge in [0.2, 0.25) is 5.82 Å². The maximum atomic E-state index is 13.5. The number of nitrogens with one attached hydrogen (secondary N) is 1. The average Bonchev–Trinajstić information content (AvgIpc) is 3.27. The van der Waals surface area contributed by atoms with E-state index in [0.717, 1.165) is 23.8 Å². The second kappa shape index (κ2) is 9.26. The van der Waals surface area contributed by atoms with E-state index < -0.39 is 49.5 Å². The molecule has 0 aromatic heterocycles. The Morgan fingerprint density at radius 2 is 1.82 bits per heavy atom. The van der Waals surface area contributed by atoms with Gasteiger partial charge < -0.3 is 10.1 Å². The molecule has 9 nitrogen and oxygen atoms in total. The van der Waals surface area contributed by atoms with Crippen molar-refractivity contribution in [1.29, 1.82) is 0 Å². The molecular formula is C22H23FN2O7S. The smallest absolute Gasteiger partial charge is 0.328 e. The van der Waals surface area contributed by atoms with Gasteiger partial charge in [-0.25, -0.2) is 8.42 Å². The molecule has 176 valence electrons. The number of aryl methyl sites for hydroxylation is 2. The number of carbonyl (C=O) groups is 2. The van der Waals surface area contributed by atoms with Gasteiger partial charge in [-0.2, -0.15) is 4.39 Å². The molecule has 0 radical (unpaired) electrons. The van der Waals surface area contributed by atoms with E-state index in [1.165, 1.54) is 6.07 Å². The number of anilines is 1. The maximum absolute atomic E-state index is 13.5. The number of hydrogen-bond donors (Lipinski definition) is 1. The summed E-state index contributed by atoms with van der Waals surface area (Å²) in [7, 11) is -4.10. The van der Waals surface area contributed by atoms with E-state index in [0.29, 0.717) is 18.4 Å². The lowest BCUT2D eigenvalue weighted by Crippen LogP contribution is -2.46.